The van der Waals surface area contributed by atoms with Crippen LogP contribution in [-0.4, -0.2) is 12.5 Å². The number of nitrogens with one attached hydrogen (secondary N) is 1. The van der Waals surface area contributed by atoms with Gasteiger partial charge in [0.25, 0.3) is 5.91 Å². The molecule has 1 amide bonds. The van der Waals surface area contributed by atoms with Crippen LogP contribution in [0.2, 0.25) is 0 Å². The number of unbranched alkanes of at least 4 members (excludes halogenated alkanes) is 15. The van der Waals surface area contributed by atoms with E-state index in [4.69, 9.17) is 0 Å². The Morgan fingerprint density at radius 2 is 1.19 bits per heavy atom. The molecule has 0 spiro atoms. The quantitative estimate of drug-likeness (QED) is 0.172. The molecule has 0 aromatic heterocycles. The average Bonchev–Trinajstić information content (AvgIpc) is 2.74. The van der Waals surface area contributed by atoms with Gasteiger partial charge in [-0.05, 0) is 24.6 Å². The van der Waals surface area contributed by atoms with Crippen molar-refractivity contribution in [2.45, 2.75) is 116 Å². The molecule has 0 heterocycles. The normalized spacial score (nSPS) is 11.7. The van der Waals surface area contributed by atoms with E-state index in [-0.39, 0.29) is 0 Å². The number of carbonyl (C=O) groups excluding carboxylic acids is 1. The molecule has 0 fully saturated rings. The third kappa shape index (κ3) is 13.1. The van der Waals surface area contributed by atoms with Crippen LogP contribution in [-0.2, 0) is 6.18 Å². The largest absolute Gasteiger partial charge is 0.417 e. The molecule has 1 N–H and O–H groups in total. The molecule has 1 aromatic carbocycles. The zero-order valence-electron chi connectivity index (χ0n) is 19.7. The average molecular weight is 460 g/mol. The van der Waals surface area contributed by atoms with Gasteiger partial charge in [-0.3, -0.25) is 4.79 Å². The van der Waals surface area contributed by atoms with E-state index in [1.165, 1.54) is 77.0 Å². The Kier molecular flexibility index (Phi) is 15.1. The van der Waals surface area contributed by atoms with Crippen molar-refractivity contribution in [1.82, 2.24) is 5.32 Å². The Labute approximate surface area is 191 Å². The Morgan fingerprint density at radius 1 is 0.750 bits per heavy atom. The first-order chi connectivity index (χ1) is 15.4. The van der Waals surface area contributed by atoms with Gasteiger partial charge in [0.1, 0.15) is 5.82 Å². The molecule has 0 aliphatic carbocycles. The number of amides is 1. The summed E-state index contributed by atoms with van der Waals surface area (Å²) in [5.41, 5.74) is -1.77. The summed E-state index contributed by atoms with van der Waals surface area (Å²) >= 11 is 0. The molecule has 1 rings (SSSR count). The van der Waals surface area contributed by atoms with Gasteiger partial charge in [-0.15, -0.1) is 0 Å². The van der Waals surface area contributed by atoms with E-state index in [2.05, 4.69) is 12.2 Å². The maximum absolute atomic E-state index is 13.3. The van der Waals surface area contributed by atoms with Crippen molar-refractivity contribution >= 4 is 5.91 Å². The summed E-state index contributed by atoms with van der Waals surface area (Å²) in [6.45, 7) is 2.54. The molecular formula is C26H41F4NO. The molecule has 32 heavy (non-hydrogen) atoms. The second-order valence-corrected chi connectivity index (χ2v) is 8.75. The fourth-order valence-corrected chi connectivity index (χ4v) is 3.92. The Hall–Kier alpha value is -1.59. The number of carbonyl (C=O) groups is 1. The maximum Gasteiger partial charge on any atom is 0.417 e. The predicted octanol–water partition coefficient (Wildman–Crippen LogP) is 8.84. The summed E-state index contributed by atoms with van der Waals surface area (Å²) in [6.07, 6.45) is 15.1. The van der Waals surface area contributed by atoms with Crippen LogP contribution in [0.5, 0.6) is 0 Å². The SMILES string of the molecule is CCCCCCCCCCCCCCCCCCNC(=O)c1cc(F)ccc1C(F)(F)F. The van der Waals surface area contributed by atoms with E-state index in [9.17, 15) is 22.4 Å². The first-order valence-electron chi connectivity index (χ1n) is 12.5. The molecule has 0 aliphatic rings. The molecule has 2 nitrogen and oxygen atoms in total. The van der Waals surface area contributed by atoms with Crippen molar-refractivity contribution in [3.8, 4) is 0 Å². The molecule has 0 aliphatic heterocycles. The van der Waals surface area contributed by atoms with Crippen molar-refractivity contribution in [1.29, 1.82) is 0 Å². The van der Waals surface area contributed by atoms with E-state index < -0.39 is 29.0 Å². The highest BCUT2D eigenvalue weighted by Gasteiger charge is 2.35. The van der Waals surface area contributed by atoms with Gasteiger partial charge in [0.15, 0.2) is 0 Å². The predicted molar refractivity (Wildman–Crippen MR) is 123 cm³/mol. The molecule has 184 valence electrons. The lowest BCUT2D eigenvalue weighted by Gasteiger charge is -2.13. The second-order valence-electron chi connectivity index (χ2n) is 8.75. The molecule has 0 radical (unpaired) electrons. The minimum atomic E-state index is -4.69. The summed E-state index contributed by atoms with van der Waals surface area (Å²) in [7, 11) is 0. The third-order valence-corrected chi connectivity index (χ3v) is 5.85. The molecule has 0 atom stereocenters. The standard InChI is InChI=1S/C26H41F4NO/c1-2-3-4-5-6-7-8-9-10-11-12-13-14-15-16-17-20-31-25(32)23-21-22(27)18-19-24(23)26(28,29)30/h18-19,21H,2-17,20H2,1H3,(H,31,32). The third-order valence-electron chi connectivity index (χ3n) is 5.85. The van der Waals surface area contributed by atoms with Crippen molar-refractivity contribution in [3.63, 3.8) is 0 Å². The van der Waals surface area contributed by atoms with Gasteiger partial charge in [0, 0.05) is 6.54 Å². The lowest BCUT2D eigenvalue weighted by atomic mass is 10.0. The summed E-state index contributed by atoms with van der Waals surface area (Å²) in [5.74, 6) is -1.73. The van der Waals surface area contributed by atoms with Crippen LogP contribution in [0.1, 0.15) is 126 Å². The number of hydrogen-bond acceptors (Lipinski definition) is 1. The summed E-state index contributed by atoms with van der Waals surface area (Å²) in [6, 6.07) is 1.97. The monoisotopic (exact) mass is 459 g/mol. The van der Waals surface area contributed by atoms with Crippen molar-refractivity contribution in [2.75, 3.05) is 6.54 Å². The van der Waals surface area contributed by atoms with Crippen molar-refractivity contribution in [2.24, 2.45) is 0 Å². The molecule has 0 bridgehead atoms. The van der Waals surface area contributed by atoms with Crippen LogP contribution >= 0.6 is 0 Å². The molecule has 6 heteroatoms. The van der Waals surface area contributed by atoms with Crippen LogP contribution in [0.15, 0.2) is 18.2 Å². The van der Waals surface area contributed by atoms with Gasteiger partial charge in [-0.1, -0.05) is 103 Å². The summed E-state index contributed by atoms with van der Waals surface area (Å²) in [5, 5.41) is 2.48. The van der Waals surface area contributed by atoms with Gasteiger partial charge in [-0.2, -0.15) is 13.2 Å². The van der Waals surface area contributed by atoms with Gasteiger partial charge in [0.05, 0.1) is 11.1 Å². The fourth-order valence-electron chi connectivity index (χ4n) is 3.92. The fraction of sp³-hybridized carbons (Fsp3) is 0.731. The van der Waals surface area contributed by atoms with Gasteiger partial charge >= 0.3 is 6.18 Å². The minimum Gasteiger partial charge on any atom is -0.352 e. The van der Waals surface area contributed by atoms with E-state index >= 15 is 0 Å². The Morgan fingerprint density at radius 3 is 1.62 bits per heavy atom. The highest BCUT2D eigenvalue weighted by Crippen LogP contribution is 2.32. The molecule has 0 saturated carbocycles. The molecule has 0 saturated heterocycles. The van der Waals surface area contributed by atoms with Gasteiger partial charge in [0.2, 0.25) is 0 Å². The lowest BCUT2D eigenvalue weighted by Crippen LogP contribution is -2.27. The molecule has 1 aromatic rings. The number of benzene rings is 1. The van der Waals surface area contributed by atoms with E-state index in [1.807, 2.05) is 0 Å². The van der Waals surface area contributed by atoms with Gasteiger partial charge < -0.3 is 5.32 Å². The van der Waals surface area contributed by atoms with Crippen LogP contribution in [0, 0.1) is 5.82 Å². The van der Waals surface area contributed by atoms with Crippen molar-refractivity contribution in [3.05, 3.63) is 35.1 Å². The topological polar surface area (TPSA) is 29.1 Å². The lowest BCUT2D eigenvalue weighted by molar-refractivity contribution is -0.138. The molecule has 0 unspecified atom stereocenters. The van der Waals surface area contributed by atoms with Crippen LogP contribution in [0.3, 0.4) is 0 Å². The number of alkyl halides is 3. The Bertz CT molecular complexity index is 631. The second kappa shape index (κ2) is 17.0. The summed E-state index contributed by atoms with van der Waals surface area (Å²) < 4.78 is 52.2. The van der Waals surface area contributed by atoms with E-state index in [0.717, 1.165) is 25.3 Å². The van der Waals surface area contributed by atoms with Gasteiger partial charge in [-0.25, -0.2) is 4.39 Å². The van der Waals surface area contributed by atoms with Crippen LogP contribution < -0.4 is 5.32 Å². The van der Waals surface area contributed by atoms with Crippen LogP contribution in [0.25, 0.3) is 0 Å². The highest BCUT2D eigenvalue weighted by molar-refractivity contribution is 5.95. The van der Waals surface area contributed by atoms with Crippen molar-refractivity contribution < 1.29 is 22.4 Å². The van der Waals surface area contributed by atoms with E-state index in [1.54, 1.807) is 0 Å². The first kappa shape index (κ1) is 28.4. The Balaban J connectivity index is 2.00. The zero-order valence-corrected chi connectivity index (χ0v) is 19.7. The minimum absolute atomic E-state index is 0.297. The number of rotatable bonds is 18. The number of halogens is 4. The molecular weight excluding hydrogens is 418 g/mol. The zero-order chi connectivity index (χ0) is 23.7. The highest BCUT2D eigenvalue weighted by atomic mass is 19.4. The smallest absolute Gasteiger partial charge is 0.352 e. The van der Waals surface area contributed by atoms with Crippen LogP contribution in [0.4, 0.5) is 17.6 Å². The number of hydrogen-bond donors (Lipinski definition) is 1. The summed E-state index contributed by atoms with van der Waals surface area (Å²) in [4.78, 5) is 12.0. The maximum atomic E-state index is 13.3. The first-order valence-corrected chi connectivity index (χ1v) is 12.5. The van der Waals surface area contributed by atoms with E-state index in [0.29, 0.717) is 25.1 Å².